The minimum Gasteiger partial charge on any atom is -0.345 e. The third kappa shape index (κ3) is 3.27. The van der Waals surface area contributed by atoms with E-state index in [1.165, 1.54) is 0 Å². The Balaban J connectivity index is 1.84. The van der Waals surface area contributed by atoms with Crippen LogP contribution in [-0.4, -0.2) is 18.4 Å². The first-order valence-corrected chi connectivity index (χ1v) is 8.64. The molecule has 0 bridgehead atoms. The Morgan fingerprint density at radius 2 is 1.74 bits per heavy atom. The molecule has 2 N–H and O–H groups in total. The maximum absolute atomic E-state index is 12.4. The van der Waals surface area contributed by atoms with Crippen LogP contribution in [0.4, 0.5) is 5.69 Å². The molecule has 5 nitrogen and oxygen atoms in total. The predicted octanol–water partition coefficient (Wildman–Crippen LogP) is 3.49. The van der Waals surface area contributed by atoms with Crippen LogP contribution in [0, 0.1) is 13.8 Å². The van der Waals surface area contributed by atoms with Crippen molar-refractivity contribution >= 4 is 15.7 Å². The van der Waals surface area contributed by atoms with Gasteiger partial charge in [-0.25, -0.2) is 13.4 Å². The Labute approximate surface area is 135 Å². The Kier molecular flexibility index (Phi) is 3.92. The molecular formula is C17H17N3O2S. The Morgan fingerprint density at radius 1 is 1.00 bits per heavy atom. The smallest absolute Gasteiger partial charge is 0.261 e. The number of aryl methyl sites for hydroxylation is 2. The molecule has 118 valence electrons. The van der Waals surface area contributed by atoms with E-state index in [4.69, 9.17) is 0 Å². The van der Waals surface area contributed by atoms with Gasteiger partial charge in [0.1, 0.15) is 5.82 Å². The number of aromatic amines is 1. The lowest BCUT2D eigenvalue weighted by Gasteiger charge is -2.10. The number of anilines is 1. The van der Waals surface area contributed by atoms with Crippen molar-refractivity contribution in [1.82, 2.24) is 9.97 Å². The molecule has 1 heterocycles. The summed E-state index contributed by atoms with van der Waals surface area (Å²) in [5, 5.41) is 0. The molecule has 0 spiro atoms. The molecule has 3 aromatic rings. The maximum atomic E-state index is 12.4. The minimum atomic E-state index is -3.59. The first-order chi connectivity index (χ1) is 11.0. The Hall–Kier alpha value is -2.60. The van der Waals surface area contributed by atoms with Crippen molar-refractivity contribution in [3.63, 3.8) is 0 Å². The maximum Gasteiger partial charge on any atom is 0.261 e. The lowest BCUT2D eigenvalue weighted by molar-refractivity contribution is 0.601. The highest BCUT2D eigenvalue weighted by Crippen LogP contribution is 2.21. The van der Waals surface area contributed by atoms with Gasteiger partial charge in [0.2, 0.25) is 0 Å². The fourth-order valence-corrected chi connectivity index (χ4v) is 3.36. The van der Waals surface area contributed by atoms with Crippen LogP contribution < -0.4 is 4.72 Å². The molecule has 0 saturated carbocycles. The third-order valence-corrected chi connectivity index (χ3v) is 5.08. The number of imidazole rings is 1. The molecule has 6 heteroatoms. The highest BCUT2D eigenvalue weighted by Gasteiger charge is 2.15. The number of hydrogen-bond acceptors (Lipinski definition) is 3. The van der Waals surface area contributed by atoms with Gasteiger partial charge in [-0.1, -0.05) is 6.07 Å². The zero-order valence-corrected chi connectivity index (χ0v) is 13.7. The van der Waals surface area contributed by atoms with E-state index >= 15 is 0 Å². The molecular weight excluding hydrogens is 310 g/mol. The van der Waals surface area contributed by atoms with E-state index < -0.39 is 10.0 Å². The Morgan fingerprint density at radius 3 is 2.35 bits per heavy atom. The normalized spacial score (nSPS) is 11.4. The molecule has 0 atom stereocenters. The second-order valence-corrected chi connectivity index (χ2v) is 7.05. The van der Waals surface area contributed by atoms with E-state index in [2.05, 4.69) is 14.7 Å². The molecule has 0 amide bonds. The summed E-state index contributed by atoms with van der Waals surface area (Å²) in [7, 11) is -3.59. The zero-order valence-electron chi connectivity index (χ0n) is 12.9. The van der Waals surface area contributed by atoms with Crippen LogP contribution in [0.2, 0.25) is 0 Å². The Bertz CT molecular complexity index is 915. The number of H-pyrrole nitrogens is 1. The van der Waals surface area contributed by atoms with Crippen molar-refractivity contribution in [3.05, 3.63) is 66.0 Å². The largest absolute Gasteiger partial charge is 0.345 e. The fraction of sp³-hybridized carbons (Fsp3) is 0.118. The fourth-order valence-electron chi connectivity index (χ4n) is 2.21. The van der Waals surface area contributed by atoms with Gasteiger partial charge >= 0.3 is 0 Å². The van der Waals surface area contributed by atoms with Crippen molar-refractivity contribution < 1.29 is 8.42 Å². The van der Waals surface area contributed by atoms with Crippen LogP contribution in [0.25, 0.3) is 11.4 Å². The summed E-state index contributed by atoms with van der Waals surface area (Å²) in [4.78, 5) is 7.43. The molecule has 23 heavy (non-hydrogen) atoms. The number of sulfonamides is 1. The van der Waals surface area contributed by atoms with Gasteiger partial charge in [0.25, 0.3) is 10.0 Å². The summed E-state index contributed by atoms with van der Waals surface area (Å²) >= 11 is 0. The number of benzene rings is 2. The summed E-state index contributed by atoms with van der Waals surface area (Å²) in [6.07, 6.45) is 3.41. The third-order valence-electron chi connectivity index (χ3n) is 3.70. The number of nitrogens with zero attached hydrogens (tertiary/aromatic N) is 1. The monoisotopic (exact) mass is 327 g/mol. The van der Waals surface area contributed by atoms with Crippen LogP contribution in [0.15, 0.2) is 59.8 Å². The van der Waals surface area contributed by atoms with E-state index in [1.54, 1.807) is 36.7 Å². The van der Waals surface area contributed by atoms with Crippen LogP contribution in [0.5, 0.6) is 0 Å². The van der Waals surface area contributed by atoms with Crippen LogP contribution in [0.1, 0.15) is 11.1 Å². The van der Waals surface area contributed by atoms with Crippen molar-refractivity contribution in [2.45, 2.75) is 18.7 Å². The van der Waals surface area contributed by atoms with Gasteiger partial charge in [0.15, 0.2) is 0 Å². The minimum absolute atomic E-state index is 0.260. The van der Waals surface area contributed by atoms with Gasteiger partial charge < -0.3 is 4.98 Å². The first-order valence-electron chi connectivity index (χ1n) is 7.15. The molecule has 0 unspecified atom stereocenters. The first kappa shape index (κ1) is 15.3. The predicted molar refractivity (Wildman–Crippen MR) is 90.7 cm³/mol. The van der Waals surface area contributed by atoms with Gasteiger partial charge in [0.05, 0.1) is 4.90 Å². The van der Waals surface area contributed by atoms with E-state index in [0.717, 1.165) is 22.5 Å². The molecule has 0 radical (unpaired) electrons. The van der Waals surface area contributed by atoms with E-state index in [0.29, 0.717) is 5.69 Å². The van der Waals surface area contributed by atoms with Gasteiger partial charge in [-0.2, -0.15) is 0 Å². The van der Waals surface area contributed by atoms with Gasteiger partial charge in [0, 0.05) is 23.6 Å². The molecule has 0 aliphatic carbocycles. The summed E-state index contributed by atoms with van der Waals surface area (Å²) < 4.78 is 27.5. The van der Waals surface area contributed by atoms with Gasteiger partial charge in [-0.15, -0.1) is 0 Å². The van der Waals surface area contributed by atoms with E-state index in [1.807, 2.05) is 32.0 Å². The summed E-state index contributed by atoms with van der Waals surface area (Å²) in [6, 6.07) is 12.2. The van der Waals surface area contributed by atoms with Crippen LogP contribution in [-0.2, 0) is 10.0 Å². The van der Waals surface area contributed by atoms with Crippen molar-refractivity contribution in [2.24, 2.45) is 0 Å². The van der Waals surface area contributed by atoms with Crippen molar-refractivity contribution in [2.75, 3.05) is 4.72 Å². The van der Waals surface area contributed by atoms with E-state index in [9.17, 15) is 8.42 Å². The molecule has 0 aliphatic heterocycles. The summed E-state index contributed by atoms with van der Waals surface area (Å²) in [5.74, 6) is 0.744. The second kappa shape index (κ2) is 5.89. The topological polar surface area (TPSA) is 74.8 Å². The second-order valence-electron chi connectivity index (χ2n) is 5.37. The molecule has 1 aromatic heterocycles. The van der Waals surface area contributed by atoms with E-state index in [-0.39, 0.29) is 4.90 Å². The average Bonchev–Trinajstić information content (AvgIpc) is 3.04. The summed E-state index contributed by atoms with van der Waals surface area (Å²) in [5.41, 5.74) is 3.41. The highest BCUT2D eigenvalue weighted by atomic mass is 32.2. The van der Waals surface area contributed by atoms with Crippen molar-refractivity contribution in [3.8, 4) is 11.4 Å². The number of aromatic nitrogens is 2. The van der Waals surface area contributed by atoms with Crippen LogP contribution in [0.3, 0.4) is 0 Å². The number of rotatable bonds is 4. The lowest BCUT2D eigenvalue weighted by atomic mass is 10.1. The SMILES string of the molecule is Cc1ccc(S(=O)(=O)Nc2ccc(-c3ncc[nH]3)cc2)cc1C. The standard InChI is InChI=1S/C17H17N3O2S/c1-12-3-8-16(11-13(12)2)23(21,22)20-15-6-4-14(5-7-15)17-18-9-10-19-17/h3-11,20H,1-2H3,(H,18,19). The van der Waals surface area contributed by atoms with Gasteiger partial charge in [-0.05, 0) is 61.4 Å². The van der Waals surface area contributed by atoms with Gasteiger partial charge in [-0.3, -0.25) is 4.72 Å². The number of nitrogens with one attached hydrogen (secondary N) is 2. The number of hydrogen-bond donors (Lipinski definition) is 2. The molecule has 0 fully saturated rings. The highest BCUT2D eigenvalue weighted by molar-refractivity contribution is 7.92. The van der Waals surface area contributed by atoms with Crippen molar-refractivity contribution in [1.29, 1.82) is 0 Å². The summed E-state index contributed by atoms with van der Waals surface area (Å²) in [6.45, 7) is 3.85. The quantitative estimate of drug-likeness (QED) is 0.770. The molecule has 0 saturated heterocycles. The average molecular weight is 327 g/mol. The molecule has 3 rings (SSSR count). The zero-order chi connectivity index (χ0) is 16.4. The molecule has 2 aromatic carbocycles. The lowest BCUT2D eigenvalue weighted by Crippen LogP contribution is -2.13. The van der Waals surface area contributed by atoms with Crippen LogP contribution >= 0.6 is 0 Å². The molecule has 0 aliphatic rings.